The van der Waals surface area contributed by atoms with Crippen LogP contribution in [0.25, 0.3) is 0 Å². The molecule has 0 aromatic rings. The van der Waals surface area contributed by atoms with Gasteiger partial charge in [0.2, 0.25) is 0 Å². The normalized spacial score (nSPS) is 54.3. The lowest BCUT2D eigenvalue weighted by molar-refractivity contribution is -0.342. The first kappa shape index (κ1) is 35.7. The van der Waals surface area contributed by atoms with Gasteiger partial charge in [0.1, 0.15) is 31.0 Å². The van der Waals surface area contributed by atoms with E-state index in [1.807, 2.05) is 0 Å². The van der Waals surface area contributed by atoms with Gasteiger partial charge in [0.15, 0.2) is 12.6 Å². The first-order chi connectivity index (χ1) is 23.0. The number of aliphatic carboxylic acids is 1. The predicted molar refractivity (Wildman–Crippen MR) is 166 cm³/mol. The van der Waals surface area contributed by atoms with Gasteiger partial charge in [-0.25, -0.2) is 4.79 Å². The molecule has 4 saturated carbocycles. The van der Waals surface area contributed by atoms with Gasteiger partial charge in [-0.1, -0.05) is 6.92 Å². The number of cyclic esters (lactones) is 1. The molecule has 49 heavy (non-hydrogen) atoms. The Kier molecular flexibility index (Phi) is 9.07. The van der Waals surface area contributed by atoms with E-state index in [4.69, 9.17) is 23.7 Å². The molecule has 0 aromatic heterocycles. The van der Waals surface area contributed by atoms with Crippen molar-refractivity contribution in [1.82, 2.24) is 0 Å². The average molecular weight is 697 g/mol. The molecule has 17 atom stereocenters. The Balaban J connectivity index is 1.03. The van der Waals surface area contributed by atoms with E-state index in [2.05, 4.69) is 6.92 Å². The van der Waals surface area contributed by atoms with Crippen LogP contribution in [-0.2, 0) is 33.3 Å². The van der Waals surface area contributed by atoms with E-state index in [0.29, 0.717) is 38.5 Å². The molecule has 3 aliphatic heterocycles. The van der Waals surface area contributed by atoms with Crippen molar-refractivity contribution in [2.45, 2.75) is 158 Å². The zero-order chi connectivity index (χ0) is 35.3. The minimum Gasteiger partial charge on any atom is -0.481 e. The topological polar surface area (TPSA) is 222 Å². The molecule has 6 fully saturated rings. The standard InChI is InChI=1S/C35H52O14/c1-16-26(38)27(39)28(40)30(47-16)49-29-17(2)46-25(13-23(29)36)48-19-4-10-34(31(41)42)21-5-8-32(3)20(18-12-24(37)45-15-18)7-11-35(32,44)22(21)6-9-33(34,43)14-19/h12,16-17,19-23,25-30,36,38-40,43-44H,4-11,13-15H2,1-3H3,(H,41,42)/t16-,17+,19-,20+,21-,22+,23-,25-,26-,27+,28+,29-,30-,32+,33-,34+,35-/m0/s1. The summed E-state index contributed by atoms with van der Waals surface area (Å²) in [5.41, 5.74) is -3.83. The van der Waals surface area contributed by atoms with E-state index < -0.39 is 95.3 Å². The van der Waals surface area contributed by atoms with Crippen LogP contribution in [0.2, 0.25) is 0 Å². The number of carbonyl (C=O) groups excluding carboxylic acids is 1. The van der Waals surface area contributed by atoms with Gasteiger partial charge in [0, 0.05) is 24.3 Å². The van der Waals surface area contributed by atoms with Crippen molar-refractivity contribution >= 4 is 11.9 Å². The van der Waals surface area contributed by atoms with Crippen LogP contribution >= 0.6 is 0 Å². The van der Waals surface area contributed by atoms with Crippen molar-refractivity contribution < 1.29 is 69.0 Å². The number of carboxylic acid groups (broad SMARTS) is 1. The number of hydrogen-bond acceptors (Lipinski definition) is 13. The van der Waals surface area contributed by atoms with Crippen LogP contribution in [0.4, 0.5) is 0 Å². The number of carboxylic acids is 1. The molecule has 4 aliphatic carbocycles. The van der Waals surface area contributed by atoms with Gasteiger partial charge < -0.3 is 59.4 Å². The summed E-state index contributed by atoms with van der Waals surface area (Å²) in [5.74, 6) is -2.22. The molecule has 0 unspecified atom stereocenters. The molecule has 7 rings (SSSR count). The number of hydrogen-bond donors (Lipinski definition) is 7. The van der Waals surface area contributed by atoms with Crippen molar-refractivity contribution in [1.29, 1.82) is 0 Å². The largest absolute Gasteiger partial charge is 0.481 e. The molecule has 0 amide bonds. The summed E-state index contributed by atoms with van der Waals surface area (Å²) >= 11 is 0. The predicted octanol–water partition coefficient (Wildman–Crippen LogP) is 0.517. The van der Waals surface area contributed by atoms with Gasteiger partial charge in [0.25, 0.3) is 0 Å². The van der Waals surface area contributed by atoms with Crippen LogP contribution < -0.4 is 0 Å². The Morgan fingerprint density at radius 3 is 2.29 bits per heavy atom. The van der Waals surface area contributed by atoms with E-state index >= 15 is 0 Å². The zero-order valence-corrected chi connectivity index (χ0v) is 28.3. The van der Waals surface area contributed by atoms with Crippen LogP contribution in [0.1, 0.15) is 85.0 Å². The Bertz CT molecular complexity index is 1330. The third-order valence-electron chi connectivity index (χ3n) is 14.0. The smallest absolute Gasteiger partial charge is 0.331 e. The average Bonchev–Trinajstić information content (AvgIpc) is 3.58. The number of ether oxygens (including phenoxy) is 5. The van der Waals surface area contributed by atoms with Gasteiger partial charge >= 0.3 is 11.9 Å². The second-order valence-corrected chi connectivity index (χ2v) is 16.2. The van der Waals surface area contributed by atoms with Crippen molar-refractivity contribution in [3.05, 3.63) is 11.6 Å². The minimum atomic E-state index is -1.58. The summed E-state index contributed by atoms with van der Waals surface area (Å²) in [5, 5.41) is 77.2. The second-order valence-electron chi connectivity index (χ2n) is 16.2. The lowest BCUT2D eigenvalue weighted by Crippen LogP contribution is -2.70. The molecule has 14 heteroatoms. The van der Waals surface area contributed by atoms with Crippen molar-refractivity contribution in [3.8, 4) is 0 Å². The SMILES string of the molecule is C[C@@H]1O[C@@H](O[C@@H]2[C@@H](O)C[C@H](O[C@H]3CC[C@]4(C(=O)O)[C@H]5CC[C@]6(C)[C@@H](C7=CC(=O)OC7)CC[C@]6(O)[C@@H]5CC[C@]4(O)C3)O[C@@H]2C)[C@H](O)[C@H](O)[C@H]1O. The van der Waals surface area contributed by atoms with Crippen LogP contribution in [0.5, 0.6) is 0 Å². The molecule has 14 nitrogen and oxygen atoms in total. The minimum absolute atomic E-state index is 0.00209. The van der Waals surface area contributed by atoms with Crippen LogP contribution in [0.3, 0.4) is 0 Å². The highest BCUT2D eigenvalue weighted by Crippen LogP contribution is 2.71. The molecule has 0 spiro atoms. The molecule has 2 saturated heterocycles. The molecule has 0 bridgehead atoms. The zero-order valence-electron chi connectivity index (χ0n) is 28.3. The van der Waals surface area contributed by atoms with Gasteiger partial charge in [0.05, 0.1) is 41.0 Å². The molecular formula is C35H52O14. The van der Waals surface area contributed by atoms with Crippen LogP contribution in [0.15, 0.2) is 11.6 Å². The Morgan fingerprint density at radius 2 is 1.61 bits per heavy atom. The van der Waals surface area contributed by atoms with E-state index in [9.17, 15) is 45.3 Å². The third-order valence-corrected chi connectivity index (χ3v) is 14.0. The lowest BCUT2D eigenvalue weighted by Gasteiger charge is -2.65. The number of fused-ring (bicyclic) bond motifs is 5. The maximum Gasteiger partial charge on any atom is 0.331 e. The summed E-state index contributed by atoms with van der Waals surface area (Å²) in [7, 11) is 0. The third kappa shape index (κ3) is 5.35. The van der Waals surface area contributed by atoms with E-state index in [1.54, 1.807) is 13.0 Å². The molecular weight excluding hydrogens is 644 g/mol. The quantitative estimate of drug-likeness (QED) is 0.149. The molecule has 3 heterocycles. The lowest BCUT2D eigenvalue weighted by atomic mass is 9.41. The van der Waals surface area contributed by atoms with Gasteiger partial charge in [-0.05, 0) is 88.5 Å². The first-order valence-electron chi connectivity index (χ1n) is 17.9. The fourth-order valence-electron chi connectivity index (χ4n) is 11.4. The molecule has 7 aliphatic rings. The number of aliphatic hydroxyl groups is 6. The van der Waals surface area contributed by atoms with Crippen molar-refractivity contribution in [2.24, 2.45) is 28.6 Å². The van der Waals surface area contributed by atoms with E-state index in [0.717, 1.165) is 5.57 Å². The molecule has 276 valence electrons. The van der Waals surface area contributed by atoms with Crippen molar-refractivity contribution in [2.75, 3.05) is 6.61 Å². The van der Waals surface area contributed by atoms with Gasteiger partial charge in [-0.2, -0.15) is 0 Å². The summed E-state index contributed by atoms with van der Waals surface area (Å²) in [6, 6.07) is 0. The highest BCUT2D eigenvalue weighted by molar-refractivity contribution is 5.85. The summed E-state index contributed by atoms with van der Waals surface area (Å²) in [6.45, 7) is 5.50. The fourth-order valence-corrected chi connectivity index (χ4v) is 11.4. The van der Waals surface area contributed by atoms with E-state index in [1.165, 1.54) is 6.92 Å². The van der Waals surface area contributed by atoms with E-state index in [-0.39, 0.29) is 50.1 Å². The first-order valence-corrected chi connectivity index (χ1v) is 17.9. The van der Waals surface area contributed by atoms with Gasteiger partial charge in [-0.15, -0.1) is 0 Å². The highest BCUT2D eigenvalue weighted by atomic mass is 16.7. The molecule has 7 N–H and O–H groups in total. The monoisotopic (exact) mass is 696 g/mol. The Labute approximate surface area is 285 Å². The van der Waals surface area contributed by atoms with Gasteiger partial charge in [-0.3, -0.25) is 4.79 Å². The second kappa shape index (κ2) is 12.5. The number of rotatable bonds is 6. The Morgan fingerprint density at radius 1 is 0.878 bits per heavy atom. The molecule has 0 aromatic carbocycles. The number of aliphatic hydroxyl groups excluding tert-OH is 4. The Hall–Kier alpha value is -1.72. The molecule has 0 radical (unpaired) electrons. The summed E-state index contributed by atoms with van der Waals surface area (Å²) in [6.07, 6.45) is -5.53. The summed E-state index contributed by atoms with van der Waals surface area (Å²) < 4.78 is 28.9. The number of esters is 1. The summed E-state index contributed by atoms with van der Waals surface area (Å²) in [4.78, 5) is 25.2. The van der Waals surface area contributed by atoms with Crippen molar-refractivity contribution in [3.63, 3.8) is 0 Å². The van der Waals surface area contributed by atoms with Crippen LogP contribution in [0, 0.1) is 28.6 Å². The van der Waals surface area contributed by atoms with Crippen LogP contribution in [-0.4, -0.2) is 127 Å². The highest BCUT2D eigenvalue weighted by Gasteiger charge is 2.73. The fraction of sp³-hybridized carbons (Fsp3) is 0.886. The maximum atomic E-state index is 13.3. The maximum absolute atomic E-state index is 13.3. The number of carbonyl (C=O) groups is 2.